The van der Waals surface area contributed by atoms with Crippen LogP contribution in [0.3, 0.4) is 0 Å². The molecule has 5 nitrogen and oxygen atoms in total. The van der Waals surface area contributed by atoms with Crippen LogP contribution in [0.4, 0.5) is 5.69 Å². The summed E-state index contributed by atoms with van der Waals surface area (Å²) in [5, 5.41) is 10.0. The molecule has 0 aromatic heterocycles. The van der Waals surface area contributed by atoms with Crippen LogP contribution in [0.25, 0.3) is 0 Å². The molecule has 1 aliphatic rings. The number of carbonyl (C=O) groups is 1. The number of carbonyl (C=O) groups excluding carboxylic acids is 1. The van der Waals surface area contributed by atoms with Crippen LogP contribution in [0.1, 0.15) is 31.9 Å². The Labute approximate surface area is 120 Å². The quantitative estimate of drug-likeness (QED) is 0.859. The lowest BCUT2D eigenvalue weighted by Crippen LogP contribution is -2.33. The van der Waals surface area contributed by atoms with Gasteiger partial charge in [0.05, 0.1) is 0 Å². The van der Waals surface area contributed by atoms with Crippen molar-refractivity contribution in [3.63, 3.8) is 0 Å². The normalized spacial score (nSPS) is 17.8. The molecule has 0 spiro atoms. The summed E-state index contributed by atoms with van der Waals surface area (Å²) in [6, 6.07) is 5.45. The van der Waals surface area contributed by atoms with Crippen LogP contribution in [-0.4, -0.2) is 42.1 Å². The SMILES string of the molecule is CC(=O)N1CCCN(c2ccc(C(C)N)c(O)c2)CC1. The highest BCUT2D eigenvalue weighted by molar-refractivity contribution is 5.73. The zero-order valence-electron chi connectivity index (χ0n) is 12.2. The first-order chi connectivity index (χ1) is 9.49. The molecule has 0 saturated carbocycles. The molecule has 1 aliphatic heterocycles. The fourth-order valence-electron chi connectivity index (χ4n) is 2.60. The van der Waals surface area contributed by atoms with E-state index in [1.54, 1.807) is 13.0 Å². The molecule has 5 heteroatoms. The van der Waals surface area contributed by atoms with Gasteiger partial charge >= 0.3 is 0 Å². The molecule has 1 unspecified atom stereocenters. The molecule has 1 fully saturated rings. The fourth-order valence-corrected chi connectivity index (χ4v) is 2.60. The topological polar surface area (TPSA) is 69.8 Å². The molecule has 1 atom stereocenters. The number of nitrogens with two attached hydrogens (primary N) is 1. The molecule has 1 aromatic rings. The third-order valence-corrected chi connectivity index (χ3v) is 3.81. The molecule has 1 aromatic carbocycles. The summed E-state index contributed by atoms with van der Waals surface area (Å²) in [6.45, 7) is 6.67. The Bertz CT molecular complexity index is 488. The van der Waals surface area contributed by atoms with Crippen molar-refractivity contribution >= 4 is 11.6 Å². The first kappa shape index (κ1) is 14.7. The summed E-state index contributed by atoms with van der Waals surface area (Å²) in [7, 11) is 0. The summed E-state index contributed by atoms with van der Waals surface area (Å²) in [5.41, 5.74) is 7.54. The maximum atomic E-state index is 11.4. The van der Waals surface area contributed by atoms with Gasteiger partial charge in [0.25, 0.3) is 0 Å². The summed E-state index contributed by atoms with van der Waals surface area (Å²) in [4.78, 5) is 15.5. The largest absolute Gasteiger partial charge is 0.508 e. The highest BCUT2D eigenvalue weighted by Gasteiger charge is 2.17. The average molecular weight is 277 g/mol. The van der Waals surface area contributed by atoms with Gasteiger partial charge in [-0.1, -0.05) is 6.07 Å². The van der Waals surface area contributed by atoms with Gasteiger partial charge in [0.15, 0.2) is 0 Å². The summed E-state index contributed by atoms with van der Waals surface area (Å²) in [6.07, 6.45) is 0.940. The average Bonchev–Trinajstić information content (AvgIpc) is 2.63. The Kier molecular flexibility index (Phi) is 4.49. The predicted molar refractivity (Wildman–Crippen MR) is 79.8 cm³/mol. The van der Waals surface area contributed by atoms with Crippen molar-refractivity contribution < 1.29 is 9.90 Å². The van der Waals surface area contributed by atoms with Gasteiger partial charge in [0.2, 0.25) is 5.91 Å². The highest BCUT2D eigenvalue weighted by atomic mass is 16.3. The lowest BCUT2D eigenvalue weighted by atomic mass is 10.1. The third kappa shape index (κ3) is 3.22. The van der Waals surface area contributed by atoms with Crippen LogP contribution in [0.5, 0.6) is 5.75 Å². The Balaban J connectivity index is 2.12. The summed E-state index contributed by atoms with van der Waals surface area (Å²) < 4.78 is 0. The molecule has 110 valence electrons. The van der Waals surface area contributed by atoms with Crippen molar-refractivity contribution in [2.45, 2.75) is 26.3 Å². The molecular formula is C15H23N3O2. The molecule has 0 aliphatic carbocycles. The zero-order valence-corrected chi connectivity index (χ0v) is 12.2. The van der Waals surface area contributed by atoms with Gasteiger partial charge in [-0.2, -0.15) is 0 Å². The van der Waals surface area contributed by atoms with Crippen molar-refractivity contribution in [1.82, 2.24) is 4.90 Å². The molecule has 2 rings (SSSR count). The number of phenols is 1. The van der Waals surface area contributed by atoms with E-state index in [-0.39, 0.29) is 17.7 Å². The second kappa shape index (κ2) is 6.13. The van der Waals surface area contributed by atoms with Crippen LogP contribution in [0.15, 0.2) is 18.2 Å². The van der Waals surface area contributed by atoms with Gasteiger partial charge in [-0.3, -0.25) is 4.79 Å². The van der Waals surface area contributed by atoms with Crippen molar-refractivity contribution in [2.24, 2.45) is 5.73 Å². The van der Waals surface area contributed by atoms with E-state index in [1.165, 1.54) is 0 Å². The van der Waals surface area contributed by atoms with Crippen LogP contribution in [0, 0.1) is 0 Å². The summed E-state index contributed by atoms with van der Waals surface area (Å²) >= 11 is 0. The highest BCUT2D eigenvalue weighted by Crippen LogP contribution is 2.28. The van der Waals surface area contributed by atoms with Crippen molar-refractivity contribution in [3.8, 4) is 5.75 Å². The van der Waals surface area contributed by atoms with Gasteiger partial charge in [-0.25, -0.2) is 0 Å². The van der Waals surface area contributed by atoms with E-state index in [0.717, 1.165) is 43.9 Å². The van der Waals surface area contributed by atoms with E-state index in [0.29, 0.717) is 0 Å². The Hall–Kier alpha value is -1.75. The van der Waals surface area contributed by atoms with E-state index in [4.69, 9.17) is 5.73 Å². The summed E-state index contributed by atoms with van der Waals surface area (Å²) in [5.74, 6) is 0.368. The van der Waals surface area contributed by atoms with E-state index in [1.807, 2.05) is 24.0 Å². The number of nitrogens with zero attached hydrogens (tertiary/aromatic N) is 2. The fraction of sp³-hybridized carbons (Fsp3) is 0.533. The van der Waals surface area contributed by atoms with Crippen LogP contribution >= 0.6 is 0 Å². The van der Waals surface area contributed by atoms with Crippen molar-refractivity contribution in [3.05, 3.63) is 23.8 Å². The van der Waals surface area contributed by atoms with E-state index >= 15 is 0 Å². The molecule has 0 radical (unpaired) electrons. The van der Waals surface area contributed by atoms with E-state index in [2.05, 4.69) is 4.90 Å². The monoisotopic (exact) mass is 277 g/mol. The third-order valence-electron chi connectivity index (χ3n) is 3.81. The van der Waals surface area contributed by atoms with Gasteiger partial charge in [0, 0.05) is 56.5 Å². The van der Waals surface area contributed by atoms with Gasteiger partial charge in [-0.15, -0.1) is 0 Å². The first-order valence-electron chi connectivity index (χ1n) is 7.08. The smallest absolute Gasteiger partial charge is 0.219 e. The van der Waals surface area contributed by atoms with E-state index < -0.39 is 0 Å². The number of amides is 1. The van der Waals surface area contributed by atoms with Gasteiger partial charge < -0.3 is 20.6 Å². The first-order valence-corrected chi connectivity index (χ1v) is 7.08. The molecular weight excluding hydrogens is 254 g/mol. The second-order valence-electron chi connectivity index (χ2n) is 5.38. The number of hydrogen-bond acceptors (Lipinski definition) is 4. The number of hydrogen-bond donors (Lipinski definition) is 2. The molecule has 1 heterocycles. The minimum atomic E-state index is -0.179. The van der Waals surface area contributed by atoms with Crippen LogP contribution < -0.4 is 10.6 Å². The number of aromatic hydroxyl groups is 1. The van der Waals surface area contributed by atoms with Gasteiger partial charge in [-0.05, 0) is 19.4 Å². The van der Waals surface area contributed by atoms with Gasteiger partial charge in [0.1, 0.15) is 5.75 Å². The van der Waals surface area contributed by atoms with Crippen LogP contribution in [-0.2, 0) is 4.79 Å². The predicted octanol–water partition coefficient (Wildman–Crippen LogP) is 1.47. The number of phenolic OH excluding ortho intramolecular Hbond substituents is 1. The maximum Gasteiger partial charge on any atom is 0.219 e. The number of anilines is 1. The standard InChI is InChI=1S/C15H23N3O2/c1-11(16)14-5-4-13(10-15(14)20)18-7-3-6-17(8-9-18)12(2)19/h4-5,10-11,20H,3,6-9,16H2,1-2H3. The van der Waals surface area contributed by atoms with Crippen LogP contribution in [0.2, 0.25) is 0 Å². The maximum absolute atomic E-state index is 11.4. The van der Waals surface area contributed by atoms with Crippen molar-refractivity contribution in [1.29, 1.82) is 0 Å². The number of benzene rings is 1. The zero-order chi connectivity index (χ0) is 14.7. The minimum Gasteiger partial charge on any atom is -0.508 e. The Morgan fingerprint density at radius 2 is 2.05 bits per heavy atom. The molecule has 1 amide bonds. The van der Waals surface area contributed by atoms with Crippen molar-refractivity contribution in [2.75, 3.05) is 31.1 Å². The molecule has 0 bridgehead atoms. The molecule has 1 saturated heterocycles. The molecule has 3 N–H and O–H groups in total. The minimum absolute atomic E-state index is 0.127. The lowest BCUT2D eigenvalue weighted by Gasteiger charge is -2.24. The number of rotatable bonds is 2. The second-order valence-corrected chi connectivity index (χ2v) is 5.38. The Morgan fingerprint density at radius 1 is 1.30 bits per heavy atom. The van der Waals surface area contributed by atoms with E-state index in [9.17, 15) is 9.90 Å². The lowest BCUT2D eigenvalue weighted by molar-refractivity contribution is -0.128. The Morgan fingerprint density at radius 3 is 2.65 bits per heavy atom. The molecule has 20 heavy (non-hydrogen) atoms.